The van der Waals surface area contributed by atoms with Crippen molar-refractivity contribution in [2.75, 3.05) is 12.4 Å². The Labute approximate surface area is 84.0 Å². The van der Waals surface area contributed by atoms with Gasteiger partial charge in [-0.1, -0.05) is 0 Å². The second-order valence-corrected chi connectivity index (χ2v) is 3.92. The van der Waals surface area contributed by atoms with Crippen LogP contribution in [0.15, 0.2) is 11.6 Å². The second-order valence-electron chi connectivity index (χ2n) is 2.41. The fourth-order valence-corrected chi connectivity index (χ4v) is 2.19. The van der Waals surface area contributed by atoms with E-state index in [1.54, 1.807) is 17.5 Å². The minimum atomic E-state index is 0.768. The Hall–Kier alpha value is -1.01. The van der Waals surface area contributed by atoms with Gasteiger partial charge in [-0.3, -0.25) is 0 Å². The first-order chi connectivity index (χ1) is 6.40. The van der Waals surface area contributed by atoms with Gasteiger partial charge in [0.05, 0.1) is 16.7 Å². The van der Waals surface area contributed by atoms with Crippen LogP contribution in [-0.4, -0.2) is 20.8 Å². The number of aromatic nitrogens is 3. The Balaban J connectivity index is 2.18. The maximum absolute atomic E-state index is 4.20. The van der Waals surface area contributed by atoms with E-state index in [-0.39, 0.29) is 0 Å². The van der Waals surface area contributed by atoms with Gasteiger partial charge < -0.3 is 5.32 Å². The molecule has 1 N–H and O–H groups in total. The summed E-state index contributed by atoms with van der Waals surface area (Å²) in [6.07, 6.45) is 2.57. The zero-order valence-electron chi connectivity index (χ0n) is 7.02. The monoisotopic (exact) mass is 212 g/mol. The molecule has 2 aromatic heterocycles. The Kier molecular flexibility index (Phi) is 2.51. The lowest BCUT2D eigenvalue weighted by molar-refractivity contribution is 1.09. The van der Waals surface area contributed by atoms with Gasteiger partial charge in [0, 0.05) is 25.0 Å². The van der Waals surface area contributed by atoms with Gasteiger partial charge in [-0.25, -0.2) is 4.98 Å². The van der Waals surface area contributed by atoms with Crippen LogP contribution in [0, 0.1) is 0 Å². The molecule has 0 aromatic carbocycles. The summed E-state index contributed by atoms with van der Waals surface area (Å²) in [6, 6.07) is 0. The van der Waals surface area contributed by atoms with Crippen molar-refractivity contribution in [2.24, 2.45) is 0 Å². The molecule has 2 aromatic rings. The normalized spacial score (nSPS) is 10.2. The third-order valence-electron chi connectivity index (χ3n) is 1.60. The zero-order chi connectivity index (χ0) is 9.10. The third-order valence-corrected chi connectivity index (χ3v) is 2.94. The topological polar surface area (TPSA) is 50.7 Å². The summed E-state index contributed by atoms with van der Waals surface area (Å²) in [5.74, 6) is 0.861. The molecule has 6 heteroatoms. The first-order valence-electron chi connectivity index (χ1n) is 3.77. The molecule has 4 nitrogen and oxygen atoms in total. The van der Waals surface area contributed by atoms with Crippen molar-refractivity contribution in [1.29, 1.82) is 0 Å². The van der Waals surface area contributed by atoms with Gasteiger partial charge in [-0.2, -0.15) is 8.75 Å². The molecule has 0 fully saturated rings. The molecule has 0 aliphatic rings. The summed E-state index contributed by atoms with van der Waals surface area (Å²) in [4.78, 5) is 4.19. The maximum Gasteiger partial charge on any atom is 0.163 e. The van der Waals surface area contributed by atoms with Gasteiger partial charge in [0.2, 0.25) is 0 Å². The van der Waals surface area contributed by atoms with Gasteiger partial charge in [0.1, 0.15) is 5.69 Å². The van der Waals surface area contributed by atoms with Crippen molar-refractivity contribution in [1.82, 2.24) is 13.7 Å². The SMILES string of the molecule is CNc1nsnc1Cc1nccs1. The predicted octanol–water partition coefficient (Wildman–Crippen LogP) is 1.63. The highest BCUT2D eigenvalue weighted by atomic mass is 32.1. The Bertz CT molecular complexity index is 368. The van der Waals surface area contributed by atoms with Gasteiger partial charge >= 0.3 is 0 Å². The number of hydrogen-bond acceptors (Lipinski definition) is 6. The van der Waals surface area contributed by atoms with E-state index in [2.05, 4.69) is 19.0 Å². The standard InChI is InChI=1S/C7H8N4S2/c1-8-7-5(10-13-11-7)4-6-9-2-3-12-6/h2-3H,4H2,1H3,(H,8,11). The average molecular weight is 212 g/mol. The molecule has 0 radical (unpaired) electrons. The fourth-order valence-electron chi connectivity index (χ4n) is 0.996. The van der Waals surface area contributed by atoms with Crippen molar-refractivity contribution in [3.05, 3.63) is 22.3 Å². The van der Waals surface area contributed by atoms with Crippen LogP contribution >= 0.6 is 23.1 Å². The number of rotatable bonds is 3. The van der Waals surface area contributed by atoms with Crippen molar-refractivity contribution in [3.8, 4) is 0 Å². The lowest BCUT2D eigenvalue weighted by Gasteiger charge is -1.95. The second kappa shape index (κ2) is 3.80. The molecule has 13 heavy (non-hydrogen) atoms. The van der Waals surface area contributed by atoms with E-state index in [4.69, 9.17) is 0 Å². The average Bonchev–Trinajstić information content (AvgIpc) is 2.76. The van der Waals surface area contributed by atoms with E-state index in [0.29, 0.717) is 0 Å². The molecule has 0 atom stereocenters. The van der Waals surface area contributed by atoms with Crippen LogP contribution in [0.2, 0.25) is 0 Å². The van der Waals surface area contributed by atoms with Crippen molar-refractivity contribution >= 4 is 28.9 Å². The molecule has 0 aliphatic carbocycles. The van der Waals surface area contributed by atoms with E-state index in [1.807, 2.05) is 12.4 Å². The maximum atomic E-state index is 4.20. The van der Waals surface area contributed by atoms with Gasteiger partial charge in [-0.15, -0.1) is 11.3 Å². The van der Waals surface area contributed by atoms with Gasteiger partial charge in [0.25, 0.3) is 0 Å². The van der Waals surface area contributed by atoms with E-state index < -0.39 is 0 Å². The molecule has 2 rings (SSSR count). The molecule has 0 aliphatic heterocycles. The molecular formula is C7H8N4S2. The summed E-state index contributed by atoms with van der Waals surface area (Å²) in [6.45, 7) is 0. The fraction of sp³-hybridized carbons (Fsp3) is 0.286. The summed E-state index contributed by atoms with van der Waals surface area (Å²) in [7, 11) is 1.85. The number of nitrogens with one attached hydrogen (secondary N) is 1. The van der Waals surface area contributed by atoms with Crippen molar-refractivity contribution in [3.63, 3.8) is 0 Å². The predicted molar refractivity (Wildman–Crippen MR) is 54.4 cm³/mol. The highest BCUT2D eigenvalue weighted by Gasteiger charge is 2.07. The van der Waals surface area contributed by atoms with E-state index in [9.17, 15) is 0 Å². The van der Waals surface area contributed by atoms with E-state index >= 15 is 0 Å². The Morgan fingerprint density at radius 1 is 1.46 bits per heavy atom. The smallest absolute Gasteiger partial charge is 0.163 e. The molecule has 68 valence electrons. The molecule has 0 unspecified atom stereocenters. The molecular weight excluding hydrogens is 204 g/mol. The van der Waals surface area contributed by atoms with Crippen LogP contribution in [-0.2, 0) is 6.42 Å². The summed E-state index contributed by atoms with van der Waals surface area (Å²) >= 11 is 2.87. The first kappa shape index (κ1) is 8.58. The molecule has 0 saturated carbocycles. The number of thiazole rings is 1. The van der Waals surface area contributed by atoms with E-state index in [1.165, 1.54) is 11.7 Å². The van der Waals surface area contributed by atoms with Crippen LogP contribution in [0.4, 0.5) is 5.82 Å². The van der Waals surface area contributed by atoms with Crippen molar-refractivity contribution < 1.29 is 0 Å². The lowest BCUT2D eigenvalue weighted by atomic mass is 10.3. The largest absolute Gasteiger partial charge is 0.371 e. The molecule has 0 bridgehead atoms. The summed E-state index contributed by atoms with van der Waals surface area (Å²) in [5.41, 5.74) is 0.974. The molecule has 2 heterocycles. The summed E-state index contributed by atoms with van der Waals surface area (Å²) < 4.78 is 8.31. The summed E-state index contributed by atoms with van der Waals surface area (Å²) in [5, 5.41) is 6.04. The number of hydrogen-bond donors (Lipinski definition) is 1. The van der Waals surface area contributed by atoms with Gasteiger partial charge in [-0.05, 0) is 0 Å². The lowest BCUT2D eigenvalue weighted by Crippen LogP contribution is -1.95. The van der Waals surface area contributed by atoms with E-state index in [0.717, 1.165) is 22.9 Å². The highest BCUT2D eigenvalue weighted by molar-refractivity contribution is 7.09. The van der Waals surface area contributed by atoms with Crippen LogP contribution in [0.5, 0.6) is 0 Å². The molecule has 0 saturated heterocycles. The number of anilines is 1. The van der Waals surface area contributed by atoms with Crippen LogP contribution in [0.3, 0.4) is 0 Å². The highest BCUT2D eigenvalue weighted by Crippen LogP contribution is 2.17. The minimum Gasteiger partial charge on any atom is -0.371 e. The minimum absolute atomic E-state index is 0.768. The molecule has 0 spiro atoms. The third kappa shape index (κ3) is 1.84. The van der Waals surface area contributed by atoms with Gasteiger partial charge in [0.15, 0.2) is 5.82 Å². The molecule has 0 amide bonds. The van der Waals surface area contributed by atoms with Crippen LogP contribution < -0.4 is 5.32 Å². The Morgan fingerprint density at radius 2 is 2.38 bits per heavy atom. The quantitative estimate of drug-likeness (QED) is 0.840. The Morgan fingerprint density at radius 3 is 3.08 bits per heavy atom. The van der Waals surface area contributed by atoms with Crippen LogP contribution in [0.1, 0.15) is 10.7 Å². The van der Waals surface area contributed by atoms with Crippen LogP contribution in [0.25, 0.3) is 0 Å². The van der Waals surface area contributed by atoms with Crippen molar-refractivity contribution in [2.45, 2.75) is 6.42 Å². The zero-order valence-corrected chi connectivity index (χ0v) is 8.65. The number of nitrogens with zero attached hydrogens (tertiary/aromatic N) is 3. The first-order valence-corrected chi connectivity index (χ1v) is 5.38.